The van der Waals surface area contributed by atoms with Crippen molar-refractivity contribution >= 4 is 11.8 Å². The SMILES string of the molecule is CC1(C)CN(CC2CCC(C)(C)C2N)CCS1. The van der Waals surface area contributed by atoms with E-state index in [9.17, 15) is 0 Å². The zero-order valence-electron chi connectivity index (χ0n) is 11.8. The van der Waals surface area contributed by atoms with Gasteiger partial charge in [0.05, 0.1) is 0 Å². The topological polar surface area (TPSA) is 29.3 Å². The van der Waals surface area contributed by atoms with Gasteiger partial charge in [-0.2, -0.15) is 11.8 Å². The van der Waals surface area contributed by atoms with Crippen LogP contribution in [-0.4, -0.2) is 41.1 Å². The zero-order chi connectivity index (χ0) is 12.7. The van der Waals surface area contributed by atoms with Gasteiger partial charge in [0.25, 0.3) is 0 Å². The van der Waals surface area contributed by atoms with Crippen LogP contribution in [0.4, 0.5) is 0 Å². The molecule has 2 atom stereocenters. The van der Waals surface area contributed by atoms with E-state index in [4.69, 9.17) is 5.73 Å². The summed E-state index contributed by atoms with van der Waals surface area (Å²) in [6, 6.07) is 0.389. The van der Waals surface area contributed by atoms with E-state index < -0.39 is 0 Å². The fourth-order valence-corrected chi connectivity index (χ4v) is 4.52. The molecule has 0 aromatic heterocycles. The number of nitrogens with two attached hydrogens (primary N) is 1. The molecule has 0 amide bonds. The van der Waals surface area contributed by atoms with Gasteiger partial charge in [0.2, 0.25) is 0 Å². The maximum Gasteiger partial charge on any atom is 0.0231 e. The van der Waals surface area contributed by atoms with Gasteiger partial charge in [0.15, 0.2) is 0 Å². The molecule has 0 spiro atoms. The van der Waals surface area contributed by atoms with Crippen LogP contribution in [0.25, 0.3) is 0 Å². The third-order valence-electron chi connectivity index (χ3n) is 4.57. The highest BCUT2D eigenvalue weighted by Gasteiger charge is 2.40. The van der Waals surface area contributed by atoms with Gasteiger partial charge >= 0.3 is 0 Å². The number of thioether (sulfide) groups is 1. The maximum absolute atomic E-state index is 6.41. The van der Waals surface area contributed by atoms with Crippen molar-refractivity contribution in [3.05, 3.63) is 0 Å². The fourth-order valence-electron chi connectivity index (χ4n) is 3.35. The maximum atomic E-state index is 6.41. The summed E-state index contributed by atoms with van der Waals surface area (Å²) < 4.78 is 0.427. The smallest absolute Gasteiger partial charge is 0.0231 e. The lowest BCUT2D eigenvalue weighted by atomic mass is 9.85. The highest BCUT2D eigenvalue weighted by Crippen LogP contribution is 2.41. The van der Waals surface area contributed by atoms with Crippen LogP contribution in [0.15, 0.2) is 0 Å². The van der Waals surface area contributed by atoms with Crippen molar-refractivity contribution in [2.24, 2.45) is 17.1 Å². The van der Waals surface area contributed by atoms with Gasteiger partial charge in [0, 0.05) is 36.2 Å². The van der Waals surface area contributed by atoms with Crippen molar-refractivity contribution in [2.45, 2.75) is 51.3 Å². The average molecular weight is 256 g/mol. The van der Waals surface area contributed by atoms with Gasteiger partial charge in [0.1, 0.15) is 0 Å². The molecule has 1 aliphatic heterocycles. The quantitative estimate of drug-likeness (QED) is 0.823. The highest BCUT2D eigenvalue weighted by molar-refractivity contribution is 8.00. The Kier molecular flexibility index (Phi) is 3.82. The second kappa shape index (κ2) is 4.75. The molecule has 1 saturated carbocycles. The highest BCUT2D eigenvalue weighted by atomic mass is 32.2. The average Bonchev–Trinajstić information content (AvgIpc) is 2.44. The predicted molar refractivity (Wildman–Crippen MR) is 77.5 cm³/mol. The Hall–Kier alpha value is 0.270. The molecule has 2 unspecified atom stereocenters. The molecule has 2 aliphatic rings. The lowest BCUT2D eigenvalue weighted by Gasteiger charge is -2.39. The molecule has 17 heavy (non-hydrogen) atoms. The molecule has 3 heteroatoms. The third-order valence-corrected chi connectivity index (χ3v) is 5.86. The first-order valence-corrected chi connectivity index (χ1v) is 7.91. The van der Waals surface area contributed by atoms with Crippen molar-refractivity contribution in [1.82, 2.24) is 4.90 Å². The Bertz CT molecular complexity index is 275. The second-order valence-electron chi connectivity index (χ2n) is 7.16. The molecule has 100 valence electrons. The minimum absolute atomic E-state index is 0.352. The van der Waals surface area contributed by atoms with Crippen molar-refractivity contribution < 1.29 is 0 Å². The lowest BCUT2D eigenvalue weighted by Crippen LogP contribution is -2.48. The molecule has 0 aromatic carbocycles. The van der Waals surface area contributed by atoms with Gasteiger partial charge < -0.3 is 10.6 Å². The molecule has 1 heterocycles. The first-order chi connectivity index (χ1) is 7.80. The summed E-state index contributed by atoms with van der Waals surface area (Å²) >= 11 is 2.11. The standard InChI is InChI=1S/C14H28N2S/c1-13(2)6-5-11(12(13)15)9-16-7-8-17-14(3,4)10-16/h11-12H,5-10,15H2,1-4H3. The molecule has 2 nitrogen and oxygen atoms in total. The summed E-state index contributed by atoms with van der Waals surface area (Å²) in [5.74, 6) is 1.99. The van der Waals surface area contributed by atoms with E-state index in [1.54, 1.807) is 0 Å². The monoisotopic (exact) mass is 256 g/mol. The molecular weight excluding hydrogens is 228 g/mol. The van der Waals surface area contributed by atoms with Gasteiger partial charge in [-0.05, 0) is 38.0 Å². The molecule has 0 bridgehead atoms. The molecule has 2 N–H and O–H groups in total. The summed E-state index contributed by atoms with van der Waals surface area (Å²) in [7, 11) is 0. The summed E-state index contributed by atoms with van der Waals surface area (Å²) in [5, 5.41) is 0. The van der Waals surface area contributed by atoms with E-state index in [1.807, 2.05) is 0 Å². The number of nitrogens with zero attached hydrogens (tertiary/aromatic N) is 1. The van der Waals surface area contributed by atoms with Gasteiger partial charge in [-0.25, -0.2) is 0 Å². The molecular formula is C14H28N2S. The summed E-state index contributed by atoms with van der Waals surface area (Å²) in [5.41, 5.74) is 6.76. The number of rotatable bonds is 2. The Morgan fingerprint density at radius 3 is 2.53 bits per heavy atom. The van der Waals surface area contributed by atoms with Gasteiger partial charge in [-0.1, -0.05) is 13.8 Å². The van der Waals surface area contributed by atoms with E-state index in [0.717, 1.165) is 0 Å². The van der Waals surface area contributed by atoms with Crippen molar-refractivity contribution in [2.75, 3.05) is 25.4 Å². The van der Waals surface area contributed by atoms with Crippen LogP contribution in [0.5, 0.6) is 0 Å². The van der Waals surface area contributed by atoms with E-state index in [-0.39, 0.29) is 0 Å². The Morgan fingerprint density at radius 1 is 1.29 bits per heavy atom. The van der Waals surface area contributed by atoms with Crippen molar-refractivity contribution in [1.29, 1.82) is 0 Å². The number of hydrogen-bond acceptors (Lipinski definition) is 3. The van der Waals surface area contributed by atoms with E-state index >= 15 is 0 Å². The van der Waals surface area contributed by atoms with Crippen molar-refractivity contribution in [3.63, 3.8) is 0 Å². The normalized spacial score (nSPS) is 37.2. The Morgan fingerprint density at radius 2 is 2.00 bits per heavy atom. The number of hydrogen-bond donors (Lipinski definition) is 1. The summed E-state index contributed by atoms with van der Waals surface area (Å²) in [6.45, 7) is 13.1. The van der Waals surface area contributed by atoms with Crippen LogP contribution in [0, 0.1) is 11.3 Å². The van der Waals surface area contributed by atoms with Gasteiger partial charge in [-0.15, -0.1) is 0 Å². The minimum Gasteiger partial charge on any atom is -0.327 e. The van der Waals surface area contributed by atoms with Crippen LogP contribution in [0.1, 0.15) is 40.5 Å². The summed E-state index contributed by atoms with van der Waals surface area (Å²) in [6.07, 6.45) is 2.61. The van der Waals surface area contributed by atoms with Crippen LogP contribution >= 0.6 is 11.8 Å². The van der Waals surface area contributed by atoms with Gasteiger partial charge in [-0.3, -0.25) is 0 Å². The van der Waals surface area contributed by atoms with E-state index in [2.05, 4.69) is 44.4 Å². The van der Waals surface area contributed by atoms with E-state index in [1.165, 1.54) is 38.2 Å². The van der Waals surface area contributed by atoms with Crippen LogP contribution in [0.2, 0.25) is 0 Å². The van der Waals surface area contributed by atoms with E-state index in [0.29, 0.717) is 22.1 Å². The first kappa shape index (κ1) is 13.7. The Balaban J connectivity index is 1.90. The third kappa shape index (κ3) is 3.18. The molecule has 2 fully saturated rings. The second-order valence-corrected chi connectivity index (χ2v) is 8.96. The largest absolute Gasteiger partial charge is 0.327 e. The van der Waals surface area contributed by atoms with Crippen LogP contribution < -0.4 is 5.73 Å². The first-order valence-electron chi connectivity index (χ1n) is 6.92. The van der Waals surface area contributed by atoms with Crippen LogP contribution in [0.3, 0.4) is 0 Å². The molecule has 1 saturated heterocycles. The summed E-state index contributed by atoms with van der Waals surface area (Å²) in [4.78, 5) is 2.64. The molecule has 0 aromatic rings. The molecule has 2 rings (SSSR count). The van der Waals surface area contributed by atoms with Crippen molar-refractivity contribution in [3.8, 4) is 0 Å². The molecule has 1 aliphatic carbocycles. The molecule has 0 radical (unpaired) electrons. The predicted octanol–water partition coefficient (Wildman–Crippen LogP) is 2.58. The minimum atomic E-state index is 0.352. The van der Waals surface area contributed by atoms with Crippen LogP contribution in [-0.2, 0) is 0 Å². The Labute approximate surface area is 111 Å². The lowest BCUT2D eigenvalue weighted by molar-refractivity contribution is 0.197. The fraction of sp³-hybridized carbons (Fsp3) is 1.00. The zero-order valence-corrected chi connectivity index (χ0v) is 12.6.